The van der Waals surface area contributed by atoms with Crippen LogP contribution in [0.25, 0.3) is 0 Å². The lowest BCUT2D eigenvalue weighted by Gasteiger charge is -2.32. The number of ether oxygens (including phenoxy) is 1. The van der Waals surface area contributed by atoms with Gasteiger partial charge in [0, 0.05) is 18.5 Å². The molecule has 0 aromatic heterocycles. The molecule has 2 aliphatic rings. The Balaban J connectivity index is 1.72. The maximum atomic E-state index is 12.8. The van der Waals surface area contributed by atoms with E-state index in [1.54, 1.807) is 16.7 Å². The minimum absolute atomic E-state index is 0.00112. The van der Waals surface area contributed by atoms with Crippen molar-refractivity contribution < 1.29 is 14.3 Å². The minimum atomic E-state index is -0.165. The van der Waals surface area contributed by atoms with Crippen molar-refractivity contribution in [1.29, 1.82) is 0 Å². The van der Waals surface area contributed by atoms with Gasteiger partial charge in [-0.05, 0) is 31.9 Å². The van der Waals surface area contributed by atoms with Gasteiger partial charge in [0.15, 0.2) is 0 Å². The second-order valence-electron chi connectivity index (χ2n) is 5.58. The molecule has 2 aliphatic heterocycles. The molecule has 5 nitrogen and oxygen atoms in total. The zero-order valence-corrected chi connectivity index (χ0v) is 13.4. The molecule has 1 atom stereocenters. The summed E-state index contributed by atoms with van der Waals surface area (Å²) in [4.78, 5) is 26.2. The zero-order valence-electron chi connectivity index (χ0n) is 12.6. The van der Waals surface area contributed by atoms with Crippen LogP contribution in [0.2, 0.25) is 0 Å². The lowest BCUT2D eigenvalue weighted by atomic mass is 10.2. The highest BCUT2D eigenvalue weighted by Gasteiger charge is 2.31. The van der Waals surface area contributed by atoms with E-state index in [1.807, 2.05) is 31.2 Å². The van der Waals surface area contributed by atoms with E-state index in [0.717, 1.165) is 31.7 Å². The summed E-state index contributed by atoms with van der Waals surface area (Å²) in [6.45, 7) is 3.56. The first-order valence-electron chi connectivity index (χ1n) is 7.58. The standard InChI is InChI=1S/C16H20N2O3S/c1-11(22-12-6-8-21-9-7-12)16(20)18-10-15(19)17-13-4-2-3-5-14(13)18/h2-5,11-12H,6-10H2,1H3,(H,17,19)/t11-/m1/s1. The van der Waals surface area contributed by atoms with Crippen molar-refractivity contribution >= 4 is 35.0 Å². The molecule has 118 valence electrons. The Morgan fingerprint density at radius 2 is 2.09 bits per heavy atom. The Morgan fingerprint density at radius 1 is 1.36 bits per heavy atom. The van der Waals surface area contributed by atoms with Gasteiger partial charge in [-0.3, -0.25) is 14.5 Å². The average Bonchev–Trinajstić information content (AvgIpc) is 2.54. The van der Waals surface area contributed by atoms with Gasteiger partial charge in [-0.2, -0.15) is 0 Å². The number of fused-ring (bicyclic) bond motifs is 1. The van der Waals surface area contributed by atoms with Gasteiger partial charge in [-0.15, -0.1) is 11.8 Å². The fourth-order valence-corrected chi connectivity index (χ4v) is 4.09. The zero-order chi connectivity index (χ0) is 15.5. The number of benzene rings is 1. The minimum Gasteiger partial charge on any atom is -0.381 e. The number of hydrogen-bond donors (Lipinski definition) is 1. The molecule has 0 saturated carbocycles. The van der Waals surface area contributed by atoms with Crippen LogP contribution in [-0.4, -0.2) is 42.1 Å². The summed E-state index contributed by atoms with van der Waals surface area (Å²) in [6, 6.07) is 7.43. The molecule has 1 saturated heterocycles. The monoisotopic (exact) mass is 320 g/mol. The fourth-order valence-electron chi connectivity index (χ4n) is 2.81. The summed E-state index contributed by atoms with van der Waals surface area (Å²) in [5.41, 5.74) is 1.49. The van der Waals surface area contributed by atoms with Gasteiger partial charge in [0.05, 0.1) is 16.6 Å². The van der Waals surface area contributed by atoms with Gasteiger partial charge >= 0.3 is 0 Å². The Hall–Kier alpha value is -1.53. The quantitative estimate of drug-likeness (QED) is 0.928. The third kappa shape index (κ3) is 3.28. The fraction of sp³-hybridized carbons (Fsp3) is 0.500. The molecule has 22 heavy (non-hydrogen) atoms. The Kier molecular flexibility index (Phi) is 4.69. The van der Waals surface area contributed by atoms with Crippen LogP contribution in [0.5, 0.6) is 0 Å². The van der Waals surface area contributed by atoms with E-state index >= 15 is 0 Å². The number of carbonyl (C=O) groups is 2. The largest absolute Gasteiger partial charge is 0.381 e. The molecular formula is C16H20N2O3S. The van der Waals surface area contributed by atoms with E-state index < -0.39 is 0 Å². The molecule has 0 unspecified atom stereocenters. The molecule has 2 amide bonds. The summed E-state index contributed by atoms with van der Waals surface area (Å²) in [6.07, 6.45) is 1.97. The summed E-state index contributed by atoms with van der Waals surface area (Å²) >= 11 is 1.70. The maximum absolute atomic E-state index is 12.8. The van der Waals surface area contributed by atoms with Gasteiger partial charge < -0.3 is 10.1 Å². The van der Waals surface area contributed by atoms with Crippen molar-refractivity contribution in [3.8, 4) is 0 Å². The summed E-state index contributed by atoms with van der Waals surface area (Å²) < 4.78 is 5.36. The van der Waals surface area contributed by atoms with E-state index in [-0.39, 0.29) is 23.6 Å². The highest BCUT2D eigenvalue weighted by Crippen LogP contribution is 2.32. The highest BCUT2D eigenvalue weighted by molar-refractivity contribution is 8.01. The molecule has 3 rings (SSSR count). The van der Waals surface area contributed by atoms with Crippen molar-refractivity contribution in [3.05, 3.63) is 24.3 Å². The predicted octanol–water partition coefficient (Wildman–Crippen LogP) is 2.27. The molecule has 0 spiro atoms. The first-order valence-corrected chi connectivity index (χ1v) is 8.53. The first kappa shape index (κ1) is 15.4. The smallest absolute Gasteiger partial charge is 0.244 e. The number of amides is 2. The van der Waals surface area contributed by atoms with E-state index in [9.17, 15) is 9.59 Å². The van der Waals surface area contributed by atoms with E-state index in [2.05, 4.69) is 5.32 Å². The molecule has 6 heteroatoms. The normalized spacial score (nSPS) is 20.2. The Morgan fingerprint density at radius 3 is 2.86 bits per heavy atom. The second-order valence-corrected chi connectivity index (χ2v) is 7.23. The van der Waals surface area contributed by atoms with Crippen LogP contribution in [0.15, 0.2) is 24.3 Å². The van der Waals surface area contributed by atoms with Crippen LogP contribution < -0.4 is 10.2 Å². The van der Waals surface area contributed by atoms with Crippen LogP contribution in [0, 0.1) is 0 Å². The molecule has 0 aliphatic carbocycles. The van der Waals surface area contributed by atoms with Crippen LogP contribution in [-0.2, 0) is 14.3 Å². The van der Waals surface area contributed by atoms with Gasteiger partial charge in [-0.1, -0.05) is 12.1 Å². The second kappa shape index (κ2) is 6.71. The topological polar surface area (TPSA) is 58.6 Å². The number of carbonyl (C=O) groups excluding carboxylic acids is 2. The van der Waals surface area contributed by atoms with Gasteiger partial charge in [0.2, 0.25) is 11.8 Å². The highest BCUT2D eigenvalue weighted by atomic mass is 32.2. The molecule has 1 aromatic carbocycles. The summed E-state index contributed by atoms with van der Waals surface area (Å²) in [5, 5.41) is 3.10. The molecule has 1 fully saturated rings. The van der Waals surface area contributed by atoms with E-state index in [4.69, 9.17) is 4.74 Å². The van der Waals surface area contributed by atoms with Crippen molar-refractivity contribution in [3.63, 3.8) is 0 Å². The third-order valence-electron chi connectivity index (χ3n) is 3.95. The van der Waals surface area contributed by atoms with Crippen LogP contribution in [0.3, 0.4) is 0 Å². The molecule has 2 heterocycles. The molecule has 0 bridgehead atoms. The number of para-hydroxylation sites is 2. The van der Waals surface area contributed by atoms with Crippen LogP contribution in [0.1, 0.15) is 19.8 Å². The van der Waals surface area contributed by atoms with Crippen LogP contribution in [0.4, 0.5) is 11.4 Å². The van der Waals surface area contributed by atoms with Crippen LogP contribution >= 0.6 is 11.8 Å². The molecular weight excluding hydrogens is 300 g/mol. The Bertz CT molecular complexity index is 572. The number of thioether (sulfide) groups is 1. The number of hydrogen-bond acceptors (Lipinski definition) is 4. The van der Waals surface area contributed by atoms with E-state index in [0.29, 0.717) is 10.9 Å². The average molecular weight is 320 g/mol. The predicted molar refractivity (Wildman–Crippen MR) is 88.3 cm³/mol. The van der Waals surface area contributed by atoms with Crippen molar-refractivity contribution in [2.45, 2.75) is 30.3 Å². The SMILES string of the molecule is C[C@@H](SC1CCOCC1)C(=O)N1CC(=O)Nc2ccccc21. The van der Waals surface area contributed by atoms with Gasteiger partial charge in [0.25, 0.3) is 0 Å². The number of anilines is 2. The van der Waals surface area contributed by atoms with Crippen molar-refractivity contribution in [1.82, 2.24) is 0 Å². The molecule has 1 N–H and O–H groups in total. The van der Waals surface area contributed by atoms with Crippen molar-refractivity contribution in [2.24, 2.45) is 0 Å². The summed E-state index contributed by atoms with van der Waals surface area (Å²) in [5.74, 6) is -0.144. The third-order valence-corrected chi connectivity index (χ3v) is 5.42. The number of rotatable bonds is 3. The van der Waals surface area contributed by atoms with Crippen molar-refractivity contribution in [2.75, 3.05) is 30.0 Å². The van der Waals surface area contributed by atoms with Gasteiger partial charge in [0.1, 0.15) is 6.54 Å². The maximum Gasteiger partial charge on any atom is 0.244 e. The lowest BCUT2D eigenvalue weighted by molar-refractivity contribution is -0.121. The first-order chi connectivity index (χ1) is 10.6. The number of nitrogens with one attached hydrogen (secondary N) is 1. The molecule has 0 radical (unpaired) electrons. The number of nitrogens with zero attached hydrogens (tertiary/aromatic N) is 1. The molecule has 1 aromatic rings. The summed E-state index contributed by atoms with van der Waals surface area (Å²) in [7, 11) is 0. The van der Waals surface area contributed by atoms with E-state index in [1.165, 1.54) is 0 Å². The lowest BCUT2D eigenvalue weighted by Crippen LogP contribution is -2.45. The van der Waals surface area contributed by atoms with Gasteiger partial charge in [-0.25, -0.2) is 0 Å². The Labute approximate surface area is 134 Å².